The van der Waals surface area contributed by atoms with Crippen molar-refractivity contribution in [1.82, 2.24) is 15.1 Å². The zero-order valence-corrected chi connectivity index (χ0v) is 8.84. The molecular weight excluding hydrogens is 178 g/mol. The van der Waals surface area contributed by atoms with E-state index in [1.807, 2.05) is 4.90 Å². The van der Waals surface area contributed by atoms with Gasteiger partial charge in [-0.05, 0) is 14.0 Å². The van der Waals surface area contributed by atoms with Gasteiger partial charge in [-0.1, -0.05) is 5.92 Å². The van der Waals surface area contributed by atoms with Crippen LogP contribution in [0.5, 0.6) is 0 Å². The van der Waals surface area contributed by atoms with Crippen molar-refractivity contribution in [3.8, 4) is 11.8 Å². The largest absolute Gasteiger partial charge is 0.327 e. The average molecular weight is 195 g/mol. The van der Waals surface area contributed by atoms with Gasteiger partial charge < -0.3 is 15.1 Å². The van der Waals surface area contributed by atoms with Gasteiger partial charge >= 0.3 is 6.03 Å². The van der Waals surface area contributed by atoms with E-state index in [0.29, 0.717) is 6.54 Å². The van der Waals surface area contributed by atoms with Crippen LogP contribution < -0.4 is 5.32 Å². The zero-order valence-electron chi connectivity index (χ0n) is 8.84. The van der Waals surface area contributed by atoms with Crippen LogP contribution in [0.4, 0.5) is 4.79 Å². The zero-order chi connectivity index (χ0) is 10.4. The van der Waals surface area contributed by atoms with E-state index in [4.69, 9.17) is 0 Å². The molecule has 0 unspecified atom stereocenters. The molecule has 14 heavy (non-hydrogen) atoms. The predicted molar refractivity (Wildman–Crippen MR) is 55.9 cm³/mol. The lowest BCUT2D eigenvalue weighted by molar-refractivity contribution is 0.155. The van der Waals surface area contributed by atoms with Gasteiger partial charge in [-0.2, -0.15) is 0 Å². The Balaban J connectivity index is 2.26. The van der Waals surface area contributed by atoms with Crippen LogP contribution in [0.2, 0.25) is 0 Å². The number of urea groups is 1. The summed E-state index contributed by atoms with van der Waals surface area (Å²) >= 11 is 0. The van der Waals surface area contributed by atoms with Crippen LogP contribution in [-0.2, 0) is 0 Å². The monoisotopic (exact) mass is 195 g/mol. The second-order valence-electron chi connectivity index (χ2n) is 3.38. The summed E-state index contributed by atoms with van der Waals surface area (Å²) in [5.41, 5.74) is 0. The van der Waals surface area contributed by atoms with E-state index in [2.05, 4.69) is 29.1 Å². The van der Waals surface area contributed by atoms with Crippen LogP contribution in [0.3, 0.4) is 0 Å². The molecule has 1 aliphatic heterocycles. The van der Waals surface area contributed by atoms with Gasteiger partial charge in [-0.25, -0.2) is 4.79 Å². The summed E-state index contributed by atoms with van der Waals surface area (Å²) in [7, 11) is 2.07. The van der Waals surface area contributed by atoms with E-state index in [9.17, 15) is 4.79 Å². The SMILES string of the molecule is CC#CCNC(=O)N1CCN(C)CC1. The van der Waals surface area contributed by atoms with Crippen LogP contribution in [0, 0.1) is 11.8 Å². The fourth-order valence-corrected chi connectivity index (χ4v) is 1.33. The number of carbonyl (C=O) groups is 1. The van der Waals surface area contributed by atoms with Crippen molar-refractivity contribution in [3.05, 3.63) is 0 Å². The molecule has 1 N–H and O–H groups in total. The minimum absolute atomic E-state index is 0.000787. The van der Waals surface area contributed by atoms with Crippen LogP contribution >= 0.6 is 0 Å². The molecule has 1 rings (SSSR count). The molecule has 1 heterocycles. The number of hydrogen-bond acceptors (Lipinski definition) is 2. The maximum Gasteiger partial charge on any atom is 0.318 e. The van der Waals surface area contributed by atoms with Crippen LogP contribution in [0.25, 0.3) is 0 Å². The average Bonchev–Trinajstić information content (AvgIpc) is 2.19. The third kappa shape index (κ3) is 3.27. The van der Waals surface area contributed by atoms with Gasteiger partial charge in [0.15, 0.2) is 0 Å². The summed E-state index contributed by atoms with van der Waals surface area (Å²) in [5, 5.41) is 2.76. The maximum atomic E-state index is 11.5. The number of nitrogens with one attached hydrogen (secondary N) is 1. The summed E-state index contributed by atoms with van der Waals surface area (Å²) in [4.78, 5) is 15.6. The van der Waals surface area contributed by atoms with Crippen molar-refractivity contribution in [2.24, 2.45) is 0 Å². The summed E-state index contributed by atoms with van der Waals surface area (Å²) in [6, 6.07) is 0.000787. The molecule has 0 aromatic carbocycles. The lowest BCUT2D eigenvalue weighted by atomic mass is 10.3. The summed E-state index contributed by atoms with van der Waals surface area (Å²) in [6.07, 6.45) is 0. The molecule has 0 aromatic rings. The second-order valence-corrected chi connectivity index (χ2v) is 3.38. The van der Waals surface area contributed by atoms with Crippen molar-refractivity contribution in [2.75, 3.05) is 39.8 Å². The fraction of sp³-hybridized carbons (Fsp3) is 0.700. The summed E-state index contributed by atoms with van der Waals surface area (Å²) in [6.45, 7) is 5.73. The lowest BCUT2D eigenvalue weighted by Crippen LogP contribution is -2.50. The molecule has 0 spiro atoms. The van der Waals surface area contributed by atoms with Gasteiger partial charge in [0.1, 0.15) is 0 Å². The smallest absolute Gasteiger partial charge is 0.318 e. The summed E-state index contributed by atoms with van der Waals surface area (Å²) < 4.78 is 0. The van der Waals surface area contributed by atoms with Crippen LogP contribution in [0.1, 0.15) is 6.92 Å². The highest BCUT2D eigenvalue weighted by atomic mass is 16.2. The molecule has 1 fully saturated rings. The Bertz CT molecular complexity index is 246. The number of likely N-dealkylation sites (N-methyl/N-ethyl adjacent to an activating group) is 1. The normalized spacial score (nSPS) is 17.1. The predicted octanol–water partition coefficient (Wildman–Crippen LogP) is -0.0333. The molecule has 0 aromatic heterocycles. The third-order valence-electron chi connectivity index (χ3n) is 2.30. The molecule has 0 aliphatic carbocycles. The number of carbonyl (C=O) groups excluding carboxylic acids is 1. The molecule has 1 aliphatic rings. The molecule has 1 saturated heterocycles. The van der Waals surface area contributed by atoms with Gasteiger partial charge in [0.25, 0.3) is 0 Å². The highest BCUT2D eigenvalue weighted by Gasteiger charge is 2.17. The van der Waals surface area contributed by atoms with E-state index in [1.54, 1.807) is 6.92 Å². The molecule has 0 radical (unpaired) electrons. The number of piperazine rings is 1. The van der Waals surface area contributed by atoms with Crippen molar-refractivity contribution in [1.29, 1.82) is 0 Å². The first-order chi connectivity index (χ1) is 6.74. The highest BCUT2D eigenvalue weighted by molar-refractivity contribution is 5.74. The Morgan fingerprint density at radius 2 is 2.00 bits per heavy atom. The molecule has 78 valence electrons. The number of nitrogens with zero attached hydrogens (tertiary/aromatic N) is 2. The molecular formula is C10H17N3O. The quantitative estimate of drug-likeness (QED) is 0.596. The Labute approximate surface area is 85.2 Å². The standard InChI is InChI=1S/C10H17N3O/c1-3-4-5-11-10(14)13-8-6-12(2)7-9-13/h5-9H2,1-2H3,(H,11,14). The van der Waals surface area contributed by atoms with E-state index >= 15 is 0 Å². The minimum atomic E-state index is 0.000787. The third-order valence-corrected chi connectivity index (χ3v) is 2.30. The molecule has 2 amide bonds. The van der Waals surface area contributed by atoms with Crippen molar-refractivity contribution >= 4 is 6.03 Å². The van der Waals surface area contributed by atoms with Crippen LogP contribution in [0.15, 0.2) is 0 Å². The molecule has 0 saturated carbocycles. The first-order valence-corrected chi connectivity index (χ1v) is 4.85. The maximum absolute atomic E-state index is 11.5. The van der Waals surface area contributed by atoms with E-state index in [-0.39, 0.29) is 6.03 Å². The van der Waals surface area contributed by atoms with Crippen molar-refractivity contribution < 1.29 is 4.79 Å². The minimum Gasteiger partial charge on any atom is -0.327 e. The fourth-order valence-electron chi connectivity index (χ4n) is 1.33. The molecule has 4 heteroatoms. The van der Waals surface area contributed by atoms with Crippen molar-refractivity contribution in [2.45, 2.75) is 6.92 Å². The van der Waals surface area contributed by atoms with E-state index in [1.165, 1.54) is 0 Å². The Morgan fingerprint density at radius 3 is 2.57 bits per heavy atom. The van der Waals surface area contributed by atoms with Gasteiger partial charge in [-0.15, -0.1) is 5.92 Å². The number of rotatable bonds is 1. The van der Waals surface area contributed by atoms with Gasteiger partial charge in [-0.3, -0.25) is 0 Å². The second kappa shape index (κ2) is 5.51. The summed E-state index contributed by atoms with van der Waals surface area (Å²) in [5.74, 6) is 5.55. The number of hydrogen-bond donors (Lipinski definition) is 1. The molecule has 4 nitrogen and oxygen atoms in total. The molecule has 0 atom stereocenters. The Kier molecular flexibility index (Phi) is 4.27. The Morgan fingerprint density at radius 1 is 1.36 bits per heavy atom. The van der Waals surface area contributed by atoms with Gasteiger partial charge in [0.05, 0.1) is 6.54 Å². The first kappa shape index (κ1) is 10.9. The van der Waals surface area contributed by atoms with Crippen LogP contribution in [-0.4, -0.2) is 55.6 Å². The number of amides is 2. The lowest BCUT2D eigenvalue weighted by Gasteiger charge is -2.32. The van der Waals surface area contributed by atoms with Gasteiger partial charge in [0.2, 0.25) is 0 Å². The van der Waals surface area contributed by atoms with E-state index in [0.717, 1.165) is 26.2 Å². The highest BCUT2D eigenvalue weighted by Crippen LogP contribution is 1.98. The first-order valence-electron chi connectivity index (χ1n) is 4.85. The van der Waals surface area contributed by atoms with Crippen molar-refractivity contribution in [3.63, 3.8) is 0 Å². The van der Waals surface area contributed by atoms with Gasteiger partial charge in [0, 0.05) is 26.2 Å². The topological polar surface area (TPSA) is 35.6 Å². The molecule has 0 bridgehead atoms. The van der Waals surface area contributed by atoms with E-state index < -0.39 is 0 Å². The Hall–Kier alpha value is -1.21.